The first-order valence-corrected chi connectivity index (χ1v) is 5.39. The van der Waals surface area contributed by atoms with Gasteiger partial charge < -0.3 is 10.4 Å². The van der Waals surface area contributed by atoms with E-state index >= 15 is 0 Å². The van der Waals surface area contributed by atoms with E-state index < -0.39 is 0 Å². The highest BCUT2D eigenvalue weighted by atomic mass is 19.1. The molecule has 3 heteroatoms. The highest BCUT2D eigenvalue weighted by Gasteiger charge is 2.05. The molecule has 0 aliphatic carbocycles. The molecule has 0 heterocycles. The van der Waals surface area contributed by atoms with Gasteiger partial charge in [-0.3, -0.25) is 0 Å². The Morgan fingerprint density at radius 2 is 1.71 bits per heavy atom. The van der Waals surface area contributed by atoms with E-state index in [0.717, 1.165) is 11.1 Å². The molecule has 2 nitrogen and oxygen atoms in total. The van der Waals surface area contributed by atoms with Gasteiger partial charge in [0.15, 0.2) is 0 Å². The van der Waals surface area contributed by atoms with E-state index in [4.69, 9.17) is 0 Å². The minimum Gasteiger partial charge on any atom is -0.508 e. The molecule has 0 fully saturated rings. The van der Waals surface area contributed by atoms with Crippen LogP contribution in [0.2, 0.25) is 0 Å². The number of phenolic OH excluding ortho intramolecular Hbond substituents is 1. The van der Waals surface area contributed by atoms with Crippen molar-refractivity contribution in [1.82, 2.24) is 0 Å². The van der Waals surface area contributed by atoms with Crippen LogP contribution in [0.5, 0.6) is 5.75 Å². The second-order valence-electron chi connectivity index (χ2n) is 3.85. The Morgan fingerprint density at radius 3 is 2.29 bits per heavy atom. The molecule has 0 saturated carbocycles. The van der Waals surface area contributed by atoms with Crippen molar-refractivity contribution in [2.75, 3.05) is 0 Å². The number of nitrogens with two attached hydrogens (primary N) is 1. The number of quaternary nitrogens is 1. The van der Waals surface area contributed by atoms with Gasteiger partial charge in [-0.15, -0.1) is 0 Å². The Balaban J connectivity index is 2.34. The molecule has 2 aromatic carbocycles. The number of hydrogen-bond donors (Lipinski definition) is 2. The highest BCUT2D eigenvalue weighted by Crippen LogP contribution is 2.23. The van der Waals surface area contributed by atoms with Crippen molar-refractivity contribution in [3.05, 3.63) is 60.9 Å². The lowest BCUT2D eigenvalue weighted by atomic mass is 10.0. The first kappa shape index (κ1) is 11.6. The Bertz CT molecular complexity index is 508. The van der Waals surface area contributed by atoms with Crippen LogP contribution < -0.4 is 5.32 Å². The number of hydrogen-bond acceptors (Lipinski definition) is 1. The maximum atomic E-state index is 13.7. The van der Waals surface area contributed by atoms with Gasteiger partial charge in [0.25, 0.3) is 0 Å². The van der Waals surface area contributed by atoms with Crippen molar-refractivity contribution >= 4 is 0 Å². The van der Waals surface area contributed by atoms with Gasteiger partial charge in [0, 0.05) is 5.56 Å². The Kier molecular flexibility index (Phi) is 3.40. The zero-order valence-electron chi connectivity index (χ0n) is 9.36. The van der Waals surface area contributed by atoms with Crippen molar-refractivity contribution in [3.8, 4) is 16.9 Å². The smallest absolute Gasteiger partial charge is 0.132 e. The van der Waals surface area contributed by atoms with Crippen LogP contribution in [-0.2, 0) is 6.54 Å². The molecular formula is C14H14FNO. The number of halogens is 1. The molecule has 17 heavy (non-hydrogen) atoms. The lowest BCUT2D eigenvalue weighted by Crippen LogP contribution is -2.75. The molecule has 0 aliphatic rings. The maximum absolute atomic E-state index is 13.7. The van der Waals surface area contributed by atoms with E-state index in [1.807, 2.05) is 6.07 Å². The fourth-order valence-electron chi connectivity index (χ4n) is 1.70. The molecule has 0 unspecified atom stereocenters. The maximum Gasteiger partial charge on any atom is 0.132 e. The quantitative estimate of drug-likeness (QED) is 0.779. The predicted octanol–water partition coefficient (Wildman–Crippen LogP) is 2.05. The summed E-state index contributed by atoms with van der Waals surface area (Å²) in [5.74, 6) is -0.0204. The van der Waals surface area contributed by atoms with Crippen molar-refractivity contribution in [3.63, 3.8) is 0 Å². The molecule has 0 radical (unpaired) electrons. The Morgan fingerprint density at radius 1 is 1.06 bits per heavy atom. The lowest BCUT2D eigenvalue weighted by Gasteiger charge is -2.06. The van der Waals surface area contributed by atoms with E-state index in [1.54, 1.807) is 35.6 Å². The van der Waals surface area contributed by atoms with Gasteiger partial charge in [0.1, 0.15) is 11.6 Å². The SMILES string of the molecule is [CH2-][NH2+]Cc1ccc(-c2ccc(O)cc2)cc1F. The molecule has 2 aromatic rings. The summed E-state index contributed by atoms with van der Waals surface area (Å²) in [6, 6.07) is 11.8. The van der Waals surface area contributed by atoms with Gasteiger partial charge in [0.05, 0.1) is 6.54 Å². The van der Waals surface area contributed by atoms with Gasteiger partial charge in [0.2, 0.25) is 0 Å². The van der Waals surface area contributed by atoms with Gasteiger partial charge >= 0.3 is 0 Å². The second-order valence-corrected chi connectivity index (χ2v) is 3.85. The molecule has 88 valence electrons. The van der Waals surface area contributed by atoms with E-state index in [0.29, 0.717) is 12.1 Å². The normalized spacial score (nSPS) is 10.5. The second kappa shape index (κ2) is 4.97. The van der Waals surface area contributed by atoms with Gasteiger partial charge in [-0.25, -0.2) is 4.39 Å². The average molecular weight is 231 g/mol. The summed E-state index contributed by atoms with van der Waals surface area (Å²) in [5.41, 5.74) is 2.32. The van der Waals surface area contributed by atoms with Crippen molar-refractivity contribution < 1.29 is 14.8 Å². The summed E-state index contributed by atoms with van der Waals surface area (Å²) in [7, 11) is 3.59. The van der Waals surface area contributed by atoms with Gasteiger partial charge in [-0.2, -0.15) is 7.05 Å². The van der Waals surface area contributed by atoms with Gasteiger partial charge in [-0.05, 0) is 35.4 Å². The third-order valence-electron chi connectivity index (χ3n) is 2.62. The summed E-state index contributed by atoms with van der Waals surface area (Å²) >= 11 is 0. The Labute approximate surface area is 99.7 Å². The van der Waals surface area contributed by atoms with Crippen molar-refractivity contribution in [2.24, 2.45) is 0 Å². The number of phenols is 1. The average Bonchev–Trinajstić information content (AvgIpc) is 2.33. The minimum absolute atomic E-state index is 0.206. The summed E-state index contributed by atoms with van der Waals surface area (Å²) in [5, 5.41) is 10.9. The molecule has 0 spiro atoms. The number of benzene rings is 2. The van der Waals surface area contributed by atoms with E-state index in [2.05, 4.69) is 7.05 Å². The summed E-state index contributed by atoms with van der Waals surface area (Å²) in [4.78, 5) is 0. The molecule has 0 atom stereocenters. The van der Waals surface area contributed by atoms with E-state index in [9.17, 15) is 9.50 Å². The highest BCUT2D eigenvalue weighted by molar-refractivity contribution is 5.64. The zero-order valence-corrected chi connectivity index (χ0v) is 9.36. The van der Waals surface area contributed by atoms with Crippen LogP contribution in [0.3, 0.4) is 0 Å². The summed E-state index contributed by atoms with van der Waals surface area (Å²) in [6.07, 6.45) is 0. The molecule has 0 bridgehead atoms. The first-order chi connectivity index (χ1) is 8.20. The van der Waals surface area contributed by atoms with E-state index in [-0.39, 0.29) is 11.6 Å². The van der Waals surface area contributed by atoms with Crippen LogP contribution in [0, 0.1) is 12.9 Å². The fraction of sp³-hybridized carbons (Fsp3) is 0.0714. The van der Waals surface area contributed by atoms with Crippen LogP contribution in [0.4, 0.5) is 4.39 Å². The van der Waals surface area contributed by atoms with Crippen LogP contribution in [0.25, 0.3) is 11.1 Å². The first-order valence-electron chi connectivity index (χ1n) is 5.39. The van der Waals surface area contributed by atoms with E-state index in [1.165, 1.54) is 6.07 Å². The van der Waals surface area contributed by atoms with Crippen LogP contribution in [-0.4, -0.2) is 5.11 Å². The lowest BCUT2D eigenvalue weighted by molar-refractivity contribution is -0.612. The molecule has 2 rings (SSSR count). The number of aromatic hydroxyl groups is 1. The summed E-state index contributed by atoms with van der Waals surface area (Å²) < 4.78 is 13.7. The molecular weight excluding hydrogens is 217 g/mol. The molecule has 0 saturated heterocycles. The molecule has 0 aromatic heterocycles. The fourth-order valence-corrected chi connectivity index (χ4v) is 1.70. The Hall–Kier alpha value is -1.87. The number of rotatable bonds is 3. The van der Waals surface area contributed by atoms with Crippen LogP contribution >= 0.6 is 0 Å². The molecule has 0 aliphatic heterocycles. The van der Waals surface area contributed by atoms with Crippen molar-refractivity contribution in [1.29, 1.82) is 0 Å². The molecule has 0 amide bonds. The standard InChI is InChI=1S/C14H14FNO/c1-16-9-12-3-2-11(8-14(12)15)10-4-6-13(17)7-5-10/h2-8,17H,1,9,16H2. The van der Waals surface area contributed by atoms with Crippen LogP contribution in [0.1, 0.15) is 5.56 Å². The third-order valence-corrected chi connectivity index (χ3v) is 2.62. The predicted molar refractivity (Wildman–Crippen MR) is 64.5 cm³/mol. The molecule has 3 N–H and O–H groups in total. The third kappa shape index (κ3) is 2.63. The minimum atomic E-state index is -0.226. The van der Waals surface area contributed by atoms with Gasteiger partial charge in [-0.1, -0.05) is 18.2 Å². The monoisotopic (exact) mass is 231 g/mol. The largest absolute Gasteiger partial charge is 0.508 e. The topological polar surface area (TPSA) is 36.8 Å². The van der Waals surface area contributed by atoms with Crippen LogP contribution in [0.15, 0.2) is 42.5 Å². The summed E-state index contributed by atoms with van der Waals surface area (Å²) in [6.45, 7) is 0.529. The van der Waals surface area contributed by atoms with Crippen molar-refractivity contribution in [2.45, 2.75) is 6.54 Å². The zero-order chi connectivity index (χ0) is 12.3.